The van der Waals surface area contributed by atoms with Crippen molar-refractivity contribution in [2.45, 2.75) is 25.3 Å². The molecule has 1 unspecified atom stereocenters. The first kappa shape index (κ1) is 19.1. The lowest BCUT2D eigenvalue weighted by atomic mass is 9.85. The van der Waals surface area contributed by atoms with E-state index < -0.39 is 0 Å². The number of likely N-dealkylation sites (N-methyl/N-ethyl adjacent to an activating group) is 1. The molecule has 5 nitrogen and oxygen atoms in total. The second-order valence-corrected chi connectivity index (χ2v) is 7.05. The maximum absolute atomic E-state index is 5.55. The number of hydrogen-bond acceptors (Lipinski definition) is 3. The summed E-state index contributed by atoms with van der Waals surface area (Å²) in [5.41, 5.74) is 1.32. The van der Waals surface area contributed by atoms with E-state index in [1.165, 1.54) is 5.56 Å². The molecule has 1 aromatic carbocycles. The van der Waals surface area contributed by atoms with Crippen molar-refractivity contribution < 1.29 is 4.42 Å². The van der Waals surface area contributed by atoms with Gasteiger partial charge in [0.25, 0.3) is 0 Å². The Morgan fingerprint density at radius 3 is 2.40 bits per heavy atom. The molecule has 0 saturated heterocycles. The van der Waals surface area contributed by atoms with Crippen molar-refractivity contribution in [1.82, 2.24) is 15.5 Å². The molecule has 0 fully saturated rings. The van der Waals surface area contributed by atoms with Crippen molar-refractivity contribution in [2.24, 2.45) is 4.99 Å². The molecule has 0 bridgehead atoms. The van der Waals surface area contributed by atoms with E-state index >= 15 is 0 Å². The fraction of sp³-hybridized carbons (Fsp3) is 0.450. The summed E-state index contributed by atoms with van der Waals surface area (Å²) in [6.07, 6.45) is 1.71. The molecule has 0 aliphatic rings. The summed E-state index contributed by atoms with van der Waals surface area (Å²) < 4.78 is 5.55. The molecule has 0 saturated carbocycles. The lowest BCUT2D eigenvalue weighted by molar-refractivity contribution is 0.258. The molecule has 0 spiro atoms. The molecule has 0 aliphatic heterocycles. The lowest BCUT2D eigenvalue weighted by Gasteiger charge is -2.28. The molecule has 0 amide bonds. The first-order valence-corrected chi connectivity index (χ1v) is 8.64. The number of furan rings is 1. The Hall–Kier alpha value is -2.27. The molecular formula is C20H30N4O. The van der Waals surface area contributed by atoms with Gasteiger partial charge in [-0.1, -0.05) is 44.2 Å². The average Bonchev–Trinajstić information content (AvgIpc) is 3.12. The van der Waals surface area contributed by atoms with Crippen LogP contribution in [0.25, 0.3) is 0 Å². The SMILES string of the molecule is CN=C(NCC(c1ccco1)N(C)C)NCC(C)(C)c1ccccc1. The summed E-state index contributed by atoms with van der Waals surface area (Å²) in [5, 5.41) is 6.84. The summed E-state index contributed by atoms with van der Waals surface area (Å²) >= 11 is 0. The molecule has 5 heteroatoms. The molecule has 0 radical (unpaired) electrons. The van der Waals surface area contributed by atoms with Crippen LogP contribution >= 0.6 is 0 Å². The summed E-state index contributed by atoms with van der Waals surface area (Å²) in [4.78, 5) is 6.47. The van der Waals surface area contributed by atoms with Crippen molar-refractivity contribution in [3.8, 4) is 0 Å². The third kappa shape index (κ3) is 5.36. The van der Waals surface area contributed by atoms with Crippen LogP contribution in [0.1, 0.15) is 31.2 Å². The van der Waals surface area contributed by atoms with Crippen LogP contribution in [-0.4, -0.2) is 45.1 Å². The summed E-state index contributed by atoms with van der Waals surface area (Å²) in [7, 11) is 5.88. The van der Waals surface area contributed by atoms with Gasteiger partial charge in [0, 0.05) is 25.6 Å². The molecule has 25 heavy (non-hydrogen) atoms. The highest BCUT2D eigenvalue weighted by Crippen LogP contribution is 2.21. The zero-order valence-corrected chi connectivity index (χ0v) is 15.9. The van der Waals surface area contributed by atoms with Crippen LogP contribution in [0.5, 0.6) is 0 Å². The Bertz CT molecular complexity index is 648. The number of guanidine groups is 1. The van der Waals surface area contributed by atoms with Gasteiger partial charge in [0.2, 0.25) is 0 Å². The quantitative estimate of drug-likeness (QED) is 0.600. The van der Waals surface area contributed by atoms with Crippen molar-refractivity contribution in [3.63, 3.8) is 0 Å². The van der Waals surface area contributed by atoms with Gasteiger partial charge >= 0.3 is 0 Å². The van der Waals surface area contributed by atoms with E-state index in [4.69, 9.17) is 4.42 Å². The summed E-state index contributed by atoms with van der Waals surface area (Å²) in [5.74, 6) is 1.74. The first-order chi connectivity index (χ1) is 11.9. The molecule has 0 aliphatic carbocycles. The Morgan fingerprint density at radius 1 is 1.12 bits per heavy atom. The third-order valence-electron chi connectivity index (χ3n) is 4.43. The van der Waals surface area contributed by atoms with Crippen LogP contribution in [0.15, 0.2) is 58.1 Å². The van der Waals surface area contributed by atoms with Gasteiger partial charge in [0.15, 0.2) is 5.96 Å². The van der Waals surface area contributed by atoms with Crippen molar-refractivity contribution in [1.29, 1.82) is 0 Å². The van der Waals surface area contributed by atoms with Gasteiger partial charge in [-0.15, -0.1) is 0 Å². The smallest absolute Gasteiger partial charge is 0.191 e. The van der Waals surface area contributed by atoms with Crippen LogP contribution in [0.2, 0.25) is 0 Å². The third-order valence-corrected chi connectivity index (χ3v) is 4.43. The number of nitrogens with zero attached hydrogens (tertiary/aromatic N) is 2. The maximum Gasteiger partial charge on any atom is 0.191 e. The first-order valence-electron chi connectivity index (χ1n) is 8.64. The predicted octanol–water partition coefficient (Wildman–Crippen LogP) is 3.03. The molecule has 2 aromatic rings. The molecule has 2 rings (SSSR count). The summed E-state index contributed by atoms with van der Waals surface area (Å²) in [6.45, 7) is 5.97. The lowest BCUT2D eigenvalue weighted by Crippen LogP contribution is -2.45. The van der Waals surface area contributed by atoms with Crippen LogP contribution in [0.4, 0.5) is 0 Å². The Kier molecular flexibility index (Phi) is 6.65. The van der Waals surface area contributed by atoms with E-state index in [-0.39, 0.29) is 11.5 Å². The monoisotopic (exact) mass is 342 g/mol. The van der Waals surface area contributed by atoms with E-state index in [0.717, 1.165) is 18.3 Å². The average molecular weight is 342 g/mol. The number of benzene rings is 1. The van der Waals surface area contributed by atoms with E-state index in [9.17, 15) is 0 Å². The topological polar surface area (TPSA) is 52.8 Å². The highest BCUT2D eigenvalue weighted by molar-refractivity contribution is 5.79. The number of nitrogens with one attached hydrogen (secondary N) is 2. The Labute approximate surface area is 151 Å². The fourth-order valence-electron chi connectivity index (χ4n) is 2.73. The van der Waals surface area contributed by atoms with Crippen LogP contribution in [-0.2, 0) is 5.41 Å². The normalized spacial score (nSPS) is 13.8. The molecule has 1 atom stereocenters. The fourth-order valence-corrected chi connectivity index (χ4v) is 2.73. The molecule has 1 aromatic heterocycles. The Morgan fingerprint density at radius 2 is 1.84 bits per heavy atom. The van der Waals surface area contributed by atoms with Crippen molar-refractivity contribution in [2.75, 3.05) is 34.2 Å². The van der Waals surface area contributed by atoms with Gasteiger partial charge in [0.05, 0.1) is 12.3 Å². The van der Waals surface area contributed by atoms with Crippen LogP contribution in [0, 0.1) is 0 Å². The van der Waals surface area contributed by atoms with Crippen LogP contribution in [0.3, 0.4) is 0 Å². The minimum absolute atomic E-state index is 0.0147. The molecule has 2 N–H and O–H groups in total. The van der Waals surface area contributed by atoms with E-state index in [1.54, 1.807) is 13.3 Å². The van der Waals surface area contributed by atoms with Crippen LogP contribution < -0.4 is 10.6 Å². The highest BCUT2D eigenvalue weighted by atomic mass is 16.3. The summed E-state index contributed by atoms with van der Waals surface area (Å²) in [6, 6.07) is 14.6. The molecule has 1 heterocycles. The number of hydrogen-bond donors (Lipinski definition) is 2. The van der Waals surface area contributed by atoms with Gasteiger partial charge < -0.3 is 15.1 Å². The second-order valence-electron chi connectivity index (χ2n) is 7.05. The Balaban J connectivity index is 1.92. The van der Waals surface area contributed by atoms with Gasteiger partial charge in [-0.05, 0) is 31.8 Å². The van der Waals surface area contributed by atoms with E-state index in [2.05, 4.69) is 58.6 Å². The van der Waals surface area contributed by atoms with E-state index in [0.29, 0.717) is 6.54 Å². The largest absolute Gasteiger partial charge is 0.468 e. The predicted molar refractivity (Wildman–Crippen MR) is 104 cm³/mol. The van der Waals surface area contributed by atoms with Gasteiger partial charge in [-0.2, -0.15) is 0 Å². The van der Waals surface area contributed by atoms with Gasteiger partial charge in [-0.3, -0.25) is 9.89 Å². The van der Waals surface area contributed by atoms with Gasteiger partial charge in [-0.25, -0.2) is 0 Å². The zero-order chi connectivity index (χ0) is 18.3. The second kappa shape index (κ2) is 8.72. The van der Waals surface area contributed by atoms with E-state index in [1.807, 2.05) is 32.3 Å². The maximum atomic E-state index is 5.55. The van der Waals surface area contributed by atoms with Gasteiger partial charge in [0.1, 0.15) is 5.76 Å². The molecule has 136 valence electrons. The standard InChI is InChI=1S/C20H30N4O/c1-20(2,16-10-7-6-8-11-16)15-23-19(21-3)22-14-17(24(4)5)18-12-9-13-25-18/h6-13,17H,14-15H2,1-5H3,(H2,21,22,23). The molecular weight excluding hydrogens is 312 g/mol. The zero-order valence-electron chi connectivity index (χ0n) is 15.9. The minimum atomic E-state index is 0.0147. The number of aliphatic imine (C=N–C) groups is 1. The van der Waals surface area contributed by atoms with Crippen molar-refractivity contribution in [3.05, 3.63) is 60.1 Å². The number of rotatable bonds is 7. The highest BCUT2D eigenvalue weighted by Gasteiger charge is 2.21. The minimum Gasteiger partial charge on any atom is -0.468 e. The van der Waals surface area contributed by atoms with Crippen molar-refractivity contribution >= 4 is 5.96 Å².